The summed E-state index contributed by atoms with van der Waals surface area (Å²) < 4.78 is 11.5. The lowest BCUT2D eigenvalue weighted by Gasteiger charge is -2.08. The Balaban J connectivity index is 2.02. The number of rotatable bonds is 4. The molecule has 4 heteroatoms. The fourth-order valence-electron chi connectivity index (χ4n) is 1.50. The van der Waals surface area contributed by atoms with E-state index in [9.17, 15) is 0 Å². The number of hydrogen-bond donors (Lipinski definition) is 0. The zero-order chi connectivity index (χ0) is 13.0. The quantitative estimate of drug-likeness (QED) is 0.806. The molecule has 0 aliphatic heterocycles. The van der Waals surface area contributed by atoms with Crippen molar-refractivity contribution in [2.24, 2.45) is 0 Å². The van der Waals surface area contributed by atoms with Crippen LogP contribution < -0.4 is 9.47 Å². The minimum Gasteiger partial charge on any atom is -0.497 e. The Morgan fingerprint density at radius 3 is 2.44 bits per heavy atom. The van der Waals surface area contributed by atoms with E-state index in [1.165, 1.54) is 0 Å². The summed E-state index contributed by atoms with van der Waals surface area (Å²) in [5, 5.41) is 0. The van der Waals surface area contributed by atoms with Gasteiger partial charge in [-0.15, -0.1) is 0 Å². The number of nitrogens with zero attached hydrogens (tertiary/aromatic N) is 1. The molecule has 0 atom stereocenters. The summed E-state index contributed by atoms with van der Waals surface area (Å²) in [5.74, 6) is 1.59. The second kappa shape index (κ2) is 5.87. The molecule has 18 heavy (non-hydrogen) atoms. The molecule has 0 bridgehead atoms. The van der Waals surface area contributed by atoms with E-state index in [0.29, 0.717) is 6.61 Å². The average Bonchev–Trinajstić information content (AvgIpc) is 2.38. The van der Waals surface area contributed by atoms with Crippen LogP contribution in [0.15, 0.2) is 41.0 Å². The fourth-order valence-corrected chi connectivity index (χ4v) is 2.03. The maximum Gasteiger partial charge on any atom is 0.152 e. The predicted molar refractivity (Wildman–Crippen MR) is 74.0 cm³/mol. The van der Waals surface area contributed by atoms with Crippen LogP contribution in [0.2, 0.25) is 0 Å². The van der Waals surface area contributed by atoms with E-state index < -0.39 is 0 Å². The summed E-state index contributed by atoms with van der Waals surface area (Å²) in [7, 11) is 1.65. The van der Waals surface area contributed by atoms with Gasteiger partial charge in [-0.1, -0.05) is 12.1 Å². The minimum absolute atomic E-state index is 0.507. The van der Waals surface area contributed by atoms with Gasteiger partial charge >= 0.3 is 0 Å². The third-order valence-corrected chi connectivity index (χ3v) is 3.08. The van der Waals surface area contributed by atoms with Crippen LogP contribution in [0.4, 0.5) is 0 Å². The molecule has 0 aliphatic rings. The van der Waals surface area contributed by atoms with Gasteiger partial charge in [0.05, 0.1) is 7.11 Å². The molecule has 0 radical (unpaired) electrons. The van der Waals surface area contributed by atoms with E-state index in [4.69, 9.17) is 9.47 Å². The largest absolute Gasteiger partial charge is 0.497 e. The molecule has 1 aromatic carbocycles. The fraction of sp³-hybridized carbons (Fsp3) is 0.214. The van der Waals surface area contributed by atoms with Crippen LogP contribution >= 0.6 is 15.9 Å². The van der Waals surface area contributed by atoms with Crippen molar-refractivity contribution in [2.45, 2.75) is 13.5 Å². The number of methoxy groups -OCH3 is 1. The van der Waals surface area contributed by atoms with Crippen molar-refractivity contribution in [3.05, 3.63) is 52.3 Å². The maximum absolute atomic E-state index is 5.70. The zero-order valence-corrected chi connectivity index (χ0v) is 11.9. The Labute approximate surface area is 115 Å². The smallest absolute Gasteiger partial charge is 0.152 e. The molecule has 2 rings (SSSR count). The van der Waals surface area contributed by atoms with E-state index in [1.54, 1.807) is 7.11 Å². The summed E-state index contributed by atoms with van der Waals surface area (Å²) in [6.45, 7) is 2.45. The third-order valence-electron chi connectivity index (χ3n) is 2.51. The van der Waals surface area contributed by atoms with Gasteiger partial charge in [-0.2, -0.15) is 0 Å². The van der Waals surface area contributed by atoms with Gasteiger partial charge in [0.25, 0.3) is 0 Å². The summed E-state index contributed by atoms with van der Waals surface area (Å²) >= 11 is 3.39. The van der Waals surface area contributed by atoms with Gasteiger partial charge in [0, 0.05) is 5.69 Å². The Morgan fingerprint density at radius 2 is 1.83 bits per heavy atom. The van der Waals surface area contributed by atoms with Crippen LogP contribution in [0.5, 0.6) is 11.5 Å². The number of halogens is 1. The molecule has 1 aromatic heterocycles. The van der Waals surface area contributed by atoms with Crippen LogP contribution in [-0.2, 0) is 6.61 Å². The van der Waals surface area contributed by atoms with Crippen LogP contribution in [0.3, 0.4) is 0 Å². The number of aryl methyl sites for hydroxylation is 1. The van der Waals surface area contributed by atoms with Crippen molar-refractivity contribution in [3.63, 3.8) is 0 Å². The molecule has 0 fully saturated rings. The molecule has 0 saturated carbocycles. The lowest BCUT2D eigenvalue weighted by Crippen LogP contribution is -1.97. The van der Waals surface area contributed by atoms with Crippen molar-refractivity contribution in [1.82, 2.24) is 4.98 Å². The first kappa shape index (κ1) is 12.9. The summed E-state index contributed by atoms with van der Waals surface area (Å²) in [6.07, 6.45) is 0. The highest BCUT2D eigenvalue weighted by molar-refractivity contribution is 9.10. The van der Waals surface area contributed by atoms with Gasteiger partial charge in [0.2, 0.25) is 0 Å². The standard InChI is InChI=1S/C14H14BrNO2/c1-10-3-8-13(14(15)16-10)18-9-11-4-6-12(17-2)7-5-11/h3-8H,9H2,1-2H3. The molecule has 0 amide bonds. The molecule has 0 saturated heterocycles. The van der Waals surface area contributed by atoms with Crippen molar-refractivity contribution < 1.29 is 9.47 Å². The monoisotopic (exact) mass is 307 g/mol. The zero-order valence-electron chi connectivity index (χ0n) is 10.3. The summed E-state index contributed by atoms with van der Waals surface area (Å²) in [6, 6.07) is 11.6. The molecule has 0 unspecified atom stereocenters. The molecule has 0 N–H and O–H groups in total. The van der Waals surface area contributed by atoms with Crippen LogP contribution in [0.1, 0.15) is 11.3 Å². The molecule has 2 aromatic rings. The predicted octanol–water partition coefficient (Wildman–Crippen LogP) is 3.74. The Kier molecular flexibility index (Phi) is 4.20. The number of pyridine rings is 1. The SMILES string of the molecule is COc1ccc(COc2ccc(C)nc2Br)cc1. The highest BCUT2D eigenvalue weighted by Crippen LogP contribution is 2.23. The van der Waals surface area contributed by atoms with Crippen molar-refractivity contribution in [3.8, 4) is 11.5 Å². The lowest BCUT2D eigenvalue weighted by molar-refractivity contribution is 0.302. The van der Waals surface area contributed by atoms with Crippen molar-refractivity contribution in [1.29, 1.82) is 0 Å². The second-order valence-corrected chi connectivity index (χ2v) is 4.63. The van der Waals surface area contributed by atoms with E-state index in [-0.39, 0.29) is 0 Å². The topological polar surface area (TPSA) is 31.4 Å². The van der Waals surface area contributed by atoms with E-state index in [2.05, 4.69) is 20.9 Å². The molecule has 0 aliphatic carbocycles. The number of benzene rings is 1. The van der Waals surface area contributed by atoms with Gasteiger partial charge < -0.3 is 9.47 Å². The molecular weight excluding hydrogens is 294 g/mol. The Morgan fingerprint density at radius 1 is 1.11 bits per heavy atom. The normalized spacial score (nSPS) is 10.2. The highest BCUT2D eigenvalue weighted by atomic mass is 79.9. The molecule has 3 nitrogen and oxygen atoms in total. The van der Waals surface area contributed by atoms with Gasteiger partial charge in [-0.3, -0.25) is 0 Å². The van der Waals surface area contributed by atoms with Gasteiger partial charge in [-0.05, 0) is 52.7 Å². The van der Waals surface area contributed by atoms with Gasteiger partial charge in [-0.25, -0.2) is 4.98 Å². The molecule has 0 spiro atoms. The maximum atomic E-state index is 5.70. The molecular formula is C14H14BrNO2. The number of ether oxygens (including phenoxy) is 2. The molecule has 94 valence electrons. The second-order valence-electron chi connectivity index (χ2n) is 3.88. The number of hydrogen-bond acceptors (Lipinski definition) is 3. The first-order valence-corrected chi connectivity index (χ1v) is 6.37. The summed E-state index contributed by atoms with van der Waals surface area (Å²) in [5.41, 5.74) is 2.04. The third kappa shape index (κ3) is 3.23. The van der Waals surface area contributed by atoms with Crippen molar-refractivity contribution in [2.75, 3.05) is 7.11 Å². The van der Waals surface area contributed by atoms with Crippen LogP contribution in [0.25, 0.3) is 0 Å². The number of aromatic nitrogens is 1. The highest BCUT2D eigenvalue weighted by Gasteiger charge is 2.03. The first-order chi connectivity index (χ1) is 8.69. The van der Waals surface area contributed by atoms with E-state index in [1.807, 2.05) is 43.3 Å². The van der Waals surface area contributed by atoms with E-state index in [0.717, 1.165) is 27.4 Å². The van der Waals surface area contributed by atoms with Gasteiger partial charge in [0.1, 0.15) is 17.0 Å². The molecule has 1 heterocycles. The lowest BCUT2D eigenvalue weighted by atomic mass is 10.2. The van der Waals surface area contributed by atoms with Crippen LogP contribution in [-0.4, -0.2) is 12.1 Å². The van der Waals surface area contributed by atoms with Gasteiger partial charge in [0.15, 0.2) is 5.75 Å². The average molecular weight is 308 g/mol. The van der Waals surface area contributed by atoms with Crippen LogP contribution in [0, 0.1) is 6.92 Å². The Bertz CT molecular complexity index is 526. The summed E-state index contributed by atoms with van der Waals surface area (Å²) in [4.78, 5) is 4.28. The Hall–Kier alpha value is -1.55. The van der Waals surface area contributed by atoms with Crippen molar-refractivity contribution >= 4 is 15.9 Å². The first-order valence-electron chi connectivity index (χ1n) is 5.58. The van der Waals surface area contributed by atoms with E-state index >= 15 is 0 Å². The minimum atomic E-state index is 0.507.